The summed E-state index contributed by atoms with van der Waals surface area (Å²) >= 11 is 0. The number of nitrogens with two attached hydrogens (primary N) is 1. The average Bonchev–Trinajstić information content (AvgIpc) is 2.83. The van der Waals surface area contributed by atoms with Gasteiger partial charge in [0.2, 0.25) is 5.91 Å². The highest BCUT2D eigenvalue weighted by Gasteiger charge is 2.26. The lowest BCUT2D eigenvalue weighted by atomic mass is 10.1. The zero-order valence-corrected chi connectivity index (χ0v) is 19.8. The van der Waals surface area contributed by atoms with Gasteiger partial charge in [-0.1, -0.05) is 50.2 Å². The lowest BCUT2D eigenvalue weighted by Gasteiger charge is -2.26. The van der Waals surface area contributed by atoms with E-state index < -0.39 is 17.2 Å². The SMILES string of the molecule is COc1ccc(CCN(C(=O)C(C)C)c2c(N)n(Cc3ccccc3)c(=O)[nH]c2=O)cc1OC. The van der Waals surface area contributed by atoms with Crippen molar-refractivity contribution in [1.29, 1.82) is 0 Å². The fourth-order valence-corrected chi connectivity index (χ4v) is 3.68. The highest BCUT2D eigenvalue weighted by molar-refractivity contribution is 5.96. The van der Waals surface area contributed by atoms with Gasteiger partial charge in [-0.2, -0.15) is 0 Å². The van der Waals surface area contributed by atoms with E-state index >= 15 is 0 Å². The largest absolute Gasteiger partial charge is 0.493 e. The third kappa shape index (κ3) is 5.31. The van der Waals surface area contributed by atoms with Crippen molar-refractivity contribution in [3.05, 3.63) is 80.5 Å². The first-order chi connectivity index (χ1) is 16.3. The number of nitrogens with zero attached hydrogens (tertiary/aromatic N) is 2. The van der Waals surface area contributed by atoms with Crippen LogP contribution in [0, 0.1) is 5.92 Å². The quantitative estimate of drug-likeness (QED) is 0.500. The molecule has 3 aromatic rings. The van der Waals surface area contributed by atoms with Crippen molar-refractivity contribution in [3.8, 4) is 11.5 Å². The molecule has 180 valence electrons. The molecular formula is C25H30N4O5. The zero-order valence-electron chi connectivity index (χ0n) is 19.8. The van der Waals surface area contributed by atoms with Crippen LogP contribution in [0.25, 0.3) is 0 Å². The molecule has 1 amide bonds. The molecule has 0 saturated heterocycles. The number of hydrogen-bond donors (Lipinski definition) is 2. The summed E-state index contributed by atoms with van der Waals surface area (Å²) in [6.07, 6.45) is 0.426. The summed E-state index contributed by atoms with van der Waals surface area (Å²) in [5.74, 6) is 0.436. The minimum Gasteiger partial charge on any atom is -0.493 e. The van der Waals surface area contributed by atoms with Crippen LogP contribution in [0.3, 0.4) is 0 Å². The maximum Gasteiger partial charge on any atom is 0.330 e. The molecule has 0 aliphatic carbocycles. The number of ether oxygens (including phenoxy) is 2. The van der Waals surface area contributed by atoms with Crippen LogP contribution in [-0.4, -0.2) is 36.2 Å². The number of H-pyrrole nitrogens is 1. The van der Waals surface area contributed by atoms with Gasteiger partial charge in [0.1, 0.15) is 5.82 Å². The molecule has 34 heavy (non-hydrogen) atoms. The Kier molecular flexibility index (Phi) is 7.78. The fraction of sp³-hybridized carbons (Fsp3) is 0.320. The van der Waals surface area contributed by atoms with Crippen molar-refractivity contribution in [2.45, 2.75) is 26.8 Å². The Bertz CT molecular complexity index is 1260. The number of carbonyl (C=O) groups is 1. The molecular weight excluding hydrogens is 436 g/mol. The van der Waals surface area contributed by atoms with Crippen LogP contribution in [0.2, 0.25) is 0 Å². The van der Waals surface area contributed by atoms with E-state index in [9.17, 15) is 14.4 Å². The predicted octanol–water partition coefficient (Wildman–Crippen LogP) is 2.42. The maximum atomic E-state index is 13.1. The smallest absolute Gasteiger partial charge is 0.330 e. The van der Waals surface area contributed by atoms with Crippen LogP contribution >= 0.6 is 0 Å². The van der Waals surface area contributed by atoms with Gasteiger partial charge in [0.25, 0.3) is 5.56 Å². The second-order valence-corrected chi connectivity index (χ2v) is 8.15. The molecule has 0 aliphatic rings. The number of hydrogen-bond acceptors (Lipinski definition) is 6. The number of rotatable bonds is 9. The molecule has 3 rings (SSSR count). The third-order valence-electron chi connectivity index (χ3n) is 5.50. The highest BCUT2D eigenvalue weighted by Crippen LogP contribution is 2.28. The molecule has 2 aromatic carbocycles. The lowest BCUT2D eigenvalue weighted by molar-refractivity contribution is -0.121. The van der Waals surface area contributed by atoms with Gasteiger partial charge in [0.05, 0.1) is 20.8 Å². The summed E-state index contributed by atoms with van der Waals surface area (Å²) in [6, 6.07) is 14.7. The van der Waals surface area contributed by atoms with Crippen LogP contribution < -0.4 is 31.4 Å². The molecule has 0 unspecified atom stereocenters. The van der Waals surface area contributed by atoms with E-state index in [1.165, 1.54) is 9.47 Å². The summed E-state index contributed by atoms with van der Waals surface area (Å²) in [4.78, 5) is 42.2. The molecule has 0 spiro atoms. The Morgan fingerprint density at radius 3 is 2.32 bits per heavy atom. The molecule has 0 saturated carbocycles. The number of nitrogen functional groups attached to an aromatic ring is 1. The van der Waals surface area contributed by atoms with Gasteiger partial charge in [-0.15, -0.1) is 0 Å². The van der Waals surface area contributed by atoms with Gasteiger partial charge in [-0.3, -0.25) is 19.1 Å². The van der Waals surface area contributed by atoms with Crippen molar-refractivity contribution in [1.82, 2.24) is 9.55 Å². The summed E-state index contributed by atoms with van der Waals surface area (Å²) in [5.41, 5.74) is 6.69. The maximum absolute atomic E-state index is 13.1. The van der Waals surface area contributed by atoms with Crippen LogP contribution in [-0.2, 0) is 17.8 Å². The van der Waals surface area contributed by atoms with Crippen molar-refractivity contribution in [2.24, 2.45) is 5.92 Å². The number of aromatic nitrogens is 2. The van der Waals surface area contributed by atoms with Crippen LogP contribution in [0.4, 0.5) is 11.5 Å². The van der Waals surface area contributed by atoms with Gasteiger partial charge in [0.15, 0.2) is 17.2 Å². The minimum atomic E-state index is -0.701. The van der Waals surface area contributed by atoms with Crippen LogP contribution in [0.15, 0.2) is 58.1 Å². The van der Waals surface area contributed by atoms with Crippen molar-refractivity contribution in [3.63, 3.8) is 0 Å². The number of benzene rings is 2. The van der Waals surface area contributed by atoms with Crippen LogP contribution in [0.1, 0.15) is 25.0 Å². The van der Waals surface area contributed by atoms with Gasteiger partial charge in [-0.05, 0) is 29.7 Å². The van der Waals surface area contributed by atoms with Gasteiger partial charge in [-0.25, -0.2) is 4.79 Å². The van der Waals surface area contributed by atoms with Crippen molar-refractivity contribution >= 4 is 17.4 Å². The Balaban J connectivity index is 2.01. The number of carbonyl (C=O) groups excluding carboxylic acids is 1. The highest BCUT2D eigenvalue weighted by atomic mass is 16.5. The van der Waals surface area contributed by atoms with E-state index in [0.29, 0.717) is 17.9 Å². The normalized spacial score (nSPS) is 10.9. The number of aromatic amines is 1. The standard InChI is InChI=1S/C25H30N4O5/c1-16(2)24(31)28(13-12-17-10-11-19(33-3)20(14-17)34-4)21-22(26)29(25(32)27-23(21)30)15-18-8-6-5-7-9-18/h5-11,14,16H,12-13,15,26H2,1-4H3,(H,27,30,32). The number of anilines is 2. The van der Waals surface area contributed by atoms with Crippen molar-refractivity contribution in [2.75, 3.05) is 31.4 Å². The number of amides is 1. The van der Waals surface area contributed by atoms with Gasteiger partial charge in [0, 0.05) is 12.5 Å². The fourth-order valence-electron chi connectivity index (χ4n) is 3.68. The summed E-state index contributed by atoms with van der Waals surface area (Å²) in [7, 11) is 3.10. The van der Waals surface area contributed by atoms with E-state index in [4.69, 9.17) is 15.2 Å². The summed E-state index contributed by atoms with van der Waals surface area (Å²) in [5, 5.41) is 0. The molecule has 9 heteroatoms. The Morgan fingerprint density at radius 1 is 1.03 bits per heavy atom. The molecule has 0 aliphatic heterocycles. The Hall–Kier alpha value is -4.01. The lowest BCUT2D eigenvalue weighted by Crippen LogP contribution is -2.43. The second-order valence-electron chi connectivity index (χ2n) is 8.15. The Morgan fingerprint density at radius 2 is 1.71 bits per heavy atom. The summed E-state index contributed by atoms with van der Waals surface area (Å²) < 4.78 is 11.9. The first-order valence-corrected chi connectivity index (χ1v) is 11.0. The van der Waals surface area contributed by atoms with Crippen LogP contribution in [0.5, 0.6) is 11.5 Å². The molecule has 0 bridgehead atoms. The molecule has 3 N–H and O–H groups in total. The monoisotopic (exact) mass is 466 g/mol. The third-order valence-corrected chi connectivity index (χ3v) is 5.50. The zero-order chi connectivity index (χ0) is 24.8. The van der Waals surface area contributed by atoms with E-state index in [-0.39, 0.29) is 30.5 Å². The first-order valence-electron chi connectivity index (χ1n) is 11.0. The number of methoxy groups -OCH3 is 2. The Labute approximate surface area is 197 Å². The molecule has 0 radical (unpaired) electrons. The number of nitrogens with one attached hydrogen (secondary N) is 1. The van der Waals surface area contributed by atoms with Gasteiger partial charge >= 0.3 is 5.69 Å². The van der Waals surface area contributed by atoms with E-state index in [1.54, 1.807) is 34.1 Å². The molecule has 0 fully saturated rings. The van der Waals surface area contributed by atoms with Crippen molar-refractivity contribution < 1.29 is 14.3 Å². The molecule has 1 heterocycles. The first kappa shape index (κ1) is 24.6. The topological polar surface area (TPSA) is 120 Å². The average molecular weight is 467 g/mol. The van der Waals surface area contributed by atoms with E-state index in [2.05, 4.69) is 4.98 Å². The molecule has 9 nitrogen and oxygen atoms in total. The second kappa shape index (κ2) is 10.7. The minimum absolute atomic E-state index is 0.0327. The van der Waals surface area contributed by atoms with E-state index in [1.807, 2.05) is 42.5 Å². The van der Waals surface area contributed by atoms with E-state index in [0.717, 1.165) is 11.1 Å². The summed E-state index contributed by atoms with van der Waals surface area (Å²) in [6.45, 7) is 3.84. The molecule has 0 atom stereocenters. The predicted molar refractivity (Wildman–Crippen MR) is 132 cm³/mol. The van der Waals surface area contributed by atoms with Gasteiger partial charge < -0.3 is 20.1 Å². The molecule has 1 aromatic heterocycles.